The third-order valence-corrected chi connectivity index (χ3v) is 4.57. The Kier molecular flexibility index (Phi) is 11.1. The van der Waals surface area contributed by atoms with E-state index < -0.39 is 0 Å². The number of guanidine groups is 1. The second kappa shape index (κ2) is 12.5. The van der Waals surface area contributed by atoms with Crippen molar-refractivity contribution in [3.63, 3.8) is 0 Å². The maximum Gasteiger partial charge on any atom is 0.191 e. The number of unbranched alkanes of at least 4 members (excludes halogenated alkanes) is 1. The fourth-order valence-electron chi connectivity index (χ4n) is 2.85. The zero-order chi connectivity index (χ0) is 18.1. The highest BCUT2D eigenvalue weighted by molar-refractivity contribution is 14.0. The number of ether oxygens (including phenoxy) is 1. The third-order valence-electron chi connectivity index (χ3n) is 4.57. The van der Waals surface area contributed by atoms with E-state index in [1.807, 2.05) is 19.1 Å². The van der Waals surface area contributed by atoms with Gasteiger partial charge >= 0.3 is 0 Å². The van der Waals surface area contributed by atoms with Crippen LogP contribution in [0.25, 0.3) is 0 Å². The van der Waals surface area contributed by atoms with Crippen molar-refractivity contribution in [1.82, 2.24) is 15.5 Å². The van der Waals surface area contributed by atoms with Crippen molar-refractivity contribution in [1.29, 1.82) is 0 Å². The molecule has 1 atom stereocenters. The van der Waals surface area contributed by atoms with E-state index in [0.29, 0.717) is 5.56 Å². The summed E-state index contributed by atoms with van der Waals surface area (Å²) in [6.45, 7) is 9.57. The maximum atomic E-state index is 13.7. The predicted molar refractivity (Wildman–Crippen MR) is 116 cm³/mol. The van der Waals surface area contributed by atoms with Crippen LogP contribution in [0.5, 0.6) is 0 Å². The van der Waals surface area contributed by atoms with Crippen molar-refractivity contribution >= 4 is 29.9 Å². The highest BCUT2D eigenvalue weighted by atomic mass is 127. The molecule has 0 saturated carbocycles. The Morgan fingerprint density at radius 2 is 2.04 bits per heavy atom. The van der Waals surface area contributed by atoms with E-state index in [9.17, 15) is 4.39 Å². The van der Waals surface area contributed by atoms with Gasteiger partial charge in [0, 0.05) is 26.7 Å². The molecule has 26 heavy (non-hydrogen) atoms. The number of nitrogens with one attached hydrogen (secondary N) is 2. The van der Waals surface area contributed by atoms with Crippen molar-refractivity contribution in [2.45, 2.75) is 32.7 Å². The second-order valence-corrected chi connectivity index (χ2v) is 6.53. The van der Waals surface area contributed by atoms with Crippen LogP contribution in [0, 0.1) is 12.7 Å². The average molecular weight is 478 g/mol. The van der Waals surface area contributed by atoms with Crippen LogP contribution in [-0.2, 0) is 4.74 Å². The van der Waals surface area contributed by atoms with Gasteiger partial charge in [-0.3, -0.25) is 9.89 Å². The van der Waals surface area contributed by atoms with Crippen molar-refractivity contribution in [3.8, 4) is 0 Å². The molecule has 148 valence electrons. The quantitative estimate of drug-likeness (QED) is 0.274. The minimum Gasteiger partial charge on any atom is -0.379 e. The Bertz CT molecular complexity index is 564. The van der Waals surface area contributed by atoms with Gasteiger partial charge in [-0.1, -0.05) is 12.1 Å². The molecule has 1 aromatic rings. The van der Waals surface area contributed by atoms with Crippen molar-refractivity contribution in [2.75, 3.05) is 46.4 Å². The van der Waals surface area contributed by atoms with E-state index in [0.717, 1.165) is 63.8 Å². The molecular weight excluding hydrogens is 446 g/mol. The Morgan fingerprint density at radius 1 is 1.31 bits per heavy atom. The first-order chi connectivity index (χ1) is 12.1. The normalized spacial score (nSPS) is 16.7. The van der Waals surface area contributed by atoms with E-state index in [-0.39, 0.29) is 35.8 Å². The molecular formula is C19H32FIN4O. The Morgan fingerprint density at radius 3 is 2.69 bits per heavy atom. The standard InChI is InChI=1S/C19H31FN4O.HI/c1-15-6-7-17(14-18(15)20)16(2)23-19(21-3)22-8-4-5-9-24-10-12-25-13-11-24;/h6-7,14,16H,4-5,8-13H2,1-3H3,(H2,21,22,23);1H. The number of hydrogen-bond donors (Lipinski definition) is 2. The largest absolute Gasteiger partial charge is 0.379 e. The molecule has 7 heteroatoms. The molecule has 0 spiro atoms. The molecule has 1 aromatic carbocycles. The summed E-state index contributed by atoms with van der Waals surface area (Å²) in [7, 11) is 1.76. The zero-order valence-electron chi connectivity index (χ0n) is 16.1. The Labute approximate surface area is 173 Å². The van der Waals surface area contributed by atoms with Gasteiger partial charge in [-0.2, -0.15) is 0 Å². The summed E-state index contributed by atoms with van der Waals surface area (Å²) < 4.78 is 19.1. The summed E-state index contributed by atoms with van der Waals surface area (Å²) >= 11 is 0. The second-order valence-electron chi connectivity index (χ2n) is 6.53. The molecule has 0 aromatic heterocycles. The third kappa shape index (κ3) is 7.75. The molecule has 1 fully saturated rings. The number of morpholine rings is 1. The van der Waals surface area contributed by atoms with Gasteiger partial charge in [0.25, 0.3) is 0 Å². The van der Waals surface area contributed by atoms with Crippen molar-refractivity contribution in [2.24, 2.45) is 4.99 Å². The number of rotatable bonds is 7. The van der Waals surface area contributed by atoms with Gasteiger partial charge in [0.05, 0.1) is 19.3 Å². The summed E-state index contributed by atoms with van der Waals surface area (Å²) in [6.07, 6.45) is 2.24. The minimum atomic E-state index is -0.169. The van der Waals surface area contributed by atoms with E-state index in [2.05, 4.69) is 20.5 Å². The van der Waals surface area contributed by atoms with Crippen molar-refractivity contribution in [3.05, 3.63) is 35.1 Å². The highest BCUT2D eigenvalue weighted by Gasteiger charge is 2.11. The number of nitrogens with zero attached hydrogens (tertiary/aromatic N) is 2. The van der Waals surface area contributed by atoms with Crippen LogP contribution in [-0.4, -0.2) is 57.3 Å². The molecule has 1 saturated heterocycles. The average Bonchev–Trinajstić information content (AvgIpc) is 2.63. The van der Waals surface area contributed by atoms with E-state index in [1.54, 1.807) is 20.0 Å². The topological polar surface area (TPSA) is 48.9 Å². The first-order valence-electron chi connectivity index (χ1n) is 9.13. The lowest BCUT2D eigenvalue weighted by Gasteiger charge is -2.26. The maximum absolute atomic E-state index is 13.7. The SMILES string of the molecule is CN=C(NCCCCN1CCOCC1)NC(C)c1ccc(C)c(F)c1.I. The molecule has 1 aliphatic heterocycles. The molecule has 0 aliphatic carbocycles. The van der Waals surface area contributed by atoms with E-state index in [4.69, 9.17) is 4.74 Å². The lowest BCUT2D eigenvalue weighted by atomic mass is 10.1. The van der Waals surface area contributed by atoms with Gasteiger partial charge in [0.2, 0.25) is 0 Å². The molecule has 2 N–H and O–H groups in total. The molecule has 5 nitrogen and oxygen atoms in total. The predicted octanol–water partition coefficient (Wildman–Crippen LogP) is 3.09. The lowest BCUT2D eigenvalue weighted by molar-refractivity contribution is 0.0372. The van der Waals surface area contributed by atoms with E-state index in [1.165, 1.54) is 0 Å². The van der Waals surface area contributed by atoms with Gasteiger partial charge < -0.3 is 15.4 Å². The monoisotopic (exact) mass is 478 g/mol. The van der Waals surface area contributed by atoms with Crippen LogP contribution in [0.4, 0.5) is 4.39 Å². The number of benzene rings is 1. The Hall–Kier alpha value is -0.930. The molecule has 0 bridgehead atoms. The van der Waals surface area contributed by atoms with Gasteiger partial charge in [0.15, 0.2) is 5.96 Å². The number of halogens is 2. The Balaban J connectivity index is 0.00000338. The molecule has 2 rings (SSSR count). The smallest absolute Gasteiger partial charge is 0.191 e. The summed E-state index contributed by atoms with van der Waals surface area (Å²) in [5.74, 6) is 0.581. The van der Waals surface area contributed by atoms with Crippen molar-refractivity contribution < 1.29 is 9.13 Å². The summed E-state index contributed by atoms with van der Waals surface area (Å²) in [5.41, 5.74) is 1.58. The molecule has 0 radical (unpaired) electrons. The van der Waals surface area contributed by atoms with Gasteiger partial charge in [-0.15, -0.1) is 24.0 Å². The van der Waals surface area contributed by atoms with Crippen LogP contribution in [0.3, 0.4) is 0 Å². The number of hydrogen-bond acceptors (Lipinski definition) is 3. The summed E-state index contributed by atoms with van der Waals surface area (Å²) in [4.78, 5) is 6.70. The van der Waals surface area contributed by atoms with Gasteiger partial charge in [-0.05, 0) is 50.4 Å². The van der Waals surface area contributed by atoms with Crippen LogP contribution in [0.15, 0.2) is 23.2 Å². The van der Waals surface area contributed by atoms with Crippen LogP contribution < -0.4 is 10.6 Å². The zero-order valence-corrected chi connectivity index (χ0v) is 18.4. The van der Waals surface area contributed by atoms with Crippen LogP contribution in [0.1, 0.15) is 36.9 Å². The summed E-state index contributed by atoms with van der Waals surface area (Å²) in [6, 6.07) is 5.34. The summed E-state index contributed by atoms with van der Waals surface area (Å²) in [5, 5.41) is 6.65. The highest BCUT2D eigenvalue weighted by Crippen LogP contribution is 2.16. The minimum absolute atomic E-state index is 0. The number of aryl methyl sites for hydroxylation is 1. The van der Waals surface area contributed by atoms with Crippen LogP contribution >= 0.6 is 24.0 Å². The number of aliphatic imine (C=N–C) groups is 1. The molecule has 0 amide bonds. The first-order valence-corrected chi connectivity index (χ1v) is 9.13. The molecule has 1 aliphatic rings. The first kappa shape index (κ1) is 23.1. The van der Waals surface area contributed by atoms with Gasteiger partial charge in [0.1, 0.15) is 5.82 Å². The van der Waals surface area contributed by atoms with Crippen LogP contribution in [0.2, 0.25) is 0 Å². The fourth-order valence-corrected chi connectivity index (χ4v) is 2.85. The molecule has 1 unspecified atom stereocenters. The lowest BCUT2D eigenvalue weighted by Crippen LogP contribution is -2.39. The van der Waals surface area contributed by atoms with Gasteiger partial charge in [-0.25, -0.2) is 4.39 Å². The fraction of sp³-hybridized carbons (Fsp3) is 0.632. The molecule has 1 heterocycles. The van der Waals surface area contributed by atoms with E-state index >= 15 is 0 Å².